The van der Waals surface area contributed by atoms with Gasteiger partial charge in [0.25, 0.3) is 0 Å². The Balaban J connectivity index is 1.87. The van der Waals surface area contributed by atoms with Crippen molar-refractivity contribution in [1.29, 1.82) is 0 Å². The van der Waals surface area contributed by atoms with E-state index in [1.54, 1.807) is 0 Å². The van der Waals surface area contributed by atoms with E-state index in [1.807, 2.05) is 13.8 Å². The van der Waals surface area contributed by atoms with Crippen LogP contribution in [0.1, 0.15) is 39.5 Å². The Morgan fingerprint density at radius 1 is 1.24 bits per heavy atom. The molecule has 2 fully saturated rings. The van der Waals surface area contributed by atoms with Crippen LogP contribution in [0.4, 0.5) is 4.79 Å². The minimum atomic E-state index is -0.396. The van der Waals surface area contributed by atoms with Gasteiger partial charge in [-0.1, -0.05) is 0 Å². The number of hydrogen-bond donors (Lipinski definition) is 3. The lowest BCUT2D eigenvalue weighted by Crippen LogP contribution is -2.51. The van der Waals surface area contributed by atoms with Gasteiger partial charge in [-0.05, 0) is 58.5 Å². The first-order valence-corrected chi connectivity index (χ1v) is 8.17. The average Bonchev–Trinajstić information content (AvgIpc) is 3.30. The van der Waals surface area contributed by atoms with Crippen molar-refractivity contribution >= 4 is 11.9 Å². The molecule has 21 heavy (non-hydrogen) atoms. The molecule has 1 heterocycles. The lowest BCUT2D eigenvalue weighted by atomic mass is 9.97. The number of piperidine rings is 1. The Morgan fingerprint density at radius 2 is 1.90 bits per heavy atom. The summed E-state index contributed by atoms with van der Waals surface area (Å²) in [5.74, 6) is 0.466. The fourth-order valence-corrected chi connectivity index (χ4v) is 2.96. The largest absolute Gasteiger partial charge is 0.338 e. The second-order valence-electron chi connectivity index (χ2n) is 6.15. The molecule has 1 saturated carbocycles. The Labute approximate surface area is 127 Å². The molecule has 0 aromatic carbocycles. The highest BCUT2D eigenvalue weighted by atomic mass is 16.2. The first-order chi connectivity index (χ1) is 10.1. The second-order valence-corrected chi connectivity index (χ2v) is 6.15. The molecule has 1 aliphatic heterocycles. The molecule has 0 spiro atoms. The summed E-state index contributed by atoms with van der Waals surface area (Å²) >= 11 is 0. The summed E-state index contributed by atoms with van der Waals surface area (Å²) in [4.78, 5) is 26.0. The molecule has 1 aliphatic carbocycles. The molecular formula is C15H28N4O2. The molecule has 0 aromatic rings. The van der Waals surface area contributed by atoms with E-state index in [0.29, 0.717) is 18.5 Å². The first-order valence-electron chi connectivity index (χ1n) is 8.17. The van der Waals surface area contributed by atoms with Crippen molar-refractivity contribution in [2.45, 2.75) is 51.6 Å². The number of nitrogens with zero attached hydrogens (tertiary/aromatic N) is 1. The minimum absolute atomic E-state index is 0.193. The van der Waals surface area contributed by atoms with Gasteiger partial charge < -0.3 is 10.6 Å². The smallest absolute Gasteiger partial charge is 0.321 e. The van der Waals surface area contributed by atoms with E-state index in [4.69, 9.17) is 0 Å². The Morgan fingerprint density at radius 3 is 2.48 bits per heavy atom. The van der Waals surface area contributed by atoms with Gasteiger partial charge in [-0.3, -0.25) is 15.0 Å². The summed E-state index contributed by atoms with van der Waals surface area (Å²) in [7, 11) is 0. The van der Waals surface area contributed by atoms with Crippen molar-refractivity contribution in [3.05, 3.63) is 0 Å². The molecule has 2 rings (SSSR count). The maximum Gasteiger partial charge on any atom is 0.321 e. The van der Waals surface area contributed by atoms with Crippen molar-refractivity contribution in [1.82, 2.24) is 20.9 Å². The van der Waals surface area contributed by atoms with Crippen molar-refractivity contribution in [3.63, 3.8) is 0 Å². The van der Waals surface area contributed by atoms with Crippen molar-refractivity contribution in [3.8, 4) is 0 Å². The maximum atomic E-state index is 12.2. The molecule has 3 N–H and O–H groups in total. The highest BCUT2D eigenvalue weighted by molar-refractivity contribution is 5.96. The third kappa shape index (κ3) is 4.97. The quantitative estimate of drug-likeness (QED) is 0.674. The van der Waals surface area contributed by atoms with E-state index < -0.39 is 6.03 Å². The fourth-order valence-electron chi connectivity index (χ4n) is 2.96. The van der Waals surface area contributed by atoms with Crippen LogP contribution in [-0.4, -0.2) is 55.1 Å². The number of carbonyl (C=O) groups is 2. The van der Waals surface area contributed by atoms with Crippen LogP contribution in [0.25, 0.3) is 0 Å². The van der Waals surface area contributed by atoms with E-state index in [-0.39, 0.29) is 11.9 Å². The zero-order valence-corrected chi connectivity index (χ0v) is 13.2. The van der Waals surface area contributed by atoms with Crippen LogP contribution in [0.3, 0.4) is 0 Å². The molecule has 0 aromatic heterocycles. The van der Waals surface area contributed by atoms with Gasteiger partial charge in [-0.25, -0.2) is 4.79 Å². The molecule has 3 amide bonds. The molecule has 6 heteroatoms. The zero-order valence-electron chi connectivity index (χ0n) is 13.2. The number of urea groups is 1. The highest BCUT2D eigenvalue weighted by Gasteiger charge is 2.36. The van der Waals surface area contributed by atoms with Crippen molar-refractivity contribution in [2.75, 3.05) is 26.2 Å². The van der Waals surface area contributed by atoms with Gasteiger partial charge in [-0.2, -0.15) is 0 Å². The molecule has 120 valence electrons. The topological polar surface area (TPSA) is 73.5 Å². The summed E-state index contributed by atoms with van der Waals surface area (Å²) in [6.07, 6.45) is 4.69. The lowest BCUT2D eigenvalue weighted by Gasteiger charge is -2.33. The first kappa shape index (κ1) is 16.2. The number of hydrogen-bond acceptors (Lipinski definition) is 4. The zero-order chi connectivity index (χ0) is 15.2. The molecule has 2 aliphatic rings. The van der Waals surface area contributed by atoms with Crippen molar-refractivity contribution < 1.29 is 9.59 Å². The van der Waals surface area contributed by atoms with Gasteiger partial charge in [-0.15, -0.1) is 0 Å². The van der Waals surface area contributed by atoms with Crippen LogP contribution in [0.2, 0.25) is 0 Å². The van der Waals surface area contributed by atoms with Crippen LogP contribution in [-0.2, 0) is 4.79 Å². The van der Waals surface area contributed by atoms with E-state index in [1.165, 1.54) is 25.7 Å². The molecule has 1 unspecified atom stereocenters. The number of amides is 3. The summed E-state index contributed by atoms with van der Waals surface area (Å²) in [6.45, 7) is 7.38. The van der Waals surface area contributed by atoms with Gasteiger partial charge in [0, 0.05) is 19.1 Å². The van der Waals surface area contributed by atoms with Gasteiger partial charge in [0.1, 0.15) is 0 Å². The SMILES string of the molecule is CCNC(=O)NC(=O)C(C)N(CC1CCNCC1)C1CC1. The van der Waals surface area contributed by atoms with Crippen LogP contribution >= 0.6 is 0 Å². The molecule has 1 saturated heterocycles. The maximum absolute atomic E-state index is 12.2. The standard InChI is InChI=1S/C15H28N4O2/c1-3-17-15(21)18-14(20)11(2)19(13-4-5-13)10-12-6-8-16-9-7-12/h11-13,16H,3-10H2,1-2H3,(H2,17,18,20,21). The lowest BCUT2D eigenvalue weighted by molar-refractivity contribution is -0.125. The summed E-state index contributed by atoms with van der Waals surface area (Å²) in [5, 5.41) is 8.41. The average molecular weight is 296 g/mol. The predicted octanol–water partition coefficient (Wildman–Crippen LogP) is 0.685. The number of rotatable bonds is 6. The number of carbonyl (C=O) groups excluding carboxylic acids is 2. The van der Waals surface area contributed by atoms with Gasteiger partial charge in [0.15, 0.2) is 0 Å². The van der Waals surface area contributed by atoms with Gasteiger partial charge >= 0.3 is 6.03 Å². The summed E-state index contributed by atoms with van der Waals surface area (Å²) in [5.41, 5.74) is 0. The number of imide groups is 1. The van der Waals surface area contributed by atoms with E-state index in [2.05, 4.69) is 20.9 Å². The van der Waals surface area contributed by atoms with E-state index in [0.717, 1.165) is 19.6 Å². The molecule has 0 bridgehead atoms. The third-order valence-corrected chi connectivity index (χ3v) is 4.39. The summed E-state index contributed by atoms with van der Waals surface area (Å²) < 4.78 is 0. The van der Waals surface area contributed by atoms with Crippen LogP contribution in [0.5, 0.6) is 0 Å². The van der Waals surface area contributed by atoms with Crippen LogP contribution in [0.15, 0.2) is 0 Å². The van der Waals surface area contributed by atoms with Crippen molar-refractivity contribution in [2.24, 2.45) is 5.92 Å². The number of nitrogens with one attached hydrogen (secondary N) is 3. The fraction of sp³-hybridized carbons (Fsp3) is 0.867. The molecular weight excluding hydrogens is 268 g/mol. The normalized spacial score (nSPS) is 21.1. The monoisotopic (exact) mass is 296 g/mol. The molecule has 0 radical (unpaired) electrons. The van der Waals surface area contributed by atoms with E-state index >= 15 is 0 Å². The Bertz CT molecular complexity index is 365. The van der Waals surface area contributed by atoms with Gasteiger partial charge in [0.05, 0.1) is 6.04 Å². The Kier molecular flexibility index (Phi) is 5.99. The molecule has 6 nitrogen and oxygen atoms in total. The molecule has 1 atom stereocenters. The van der Waals surface area contributed by atoms with Crippen LogP contribution < -0.4 is 16.0 Å². The van der Waals surface area contributed by atoms with E-state index in [9.17, 15) is 9.59 Å². The van der Waals surface area contributed by atoms with Gasteiger partial charge in [0.2, 0.25) is 5.91 Å². The summed E-state index contributed by atoms with van der Waals surface area (Å²) in [6, 6.07) is -0.114. The third-order valence-electron chi connectivity index (χ3n) is 4.39. The highest BCUT2D eigenvalue weighted by Crippen LogP contribution is 2.30. The Hall–Kier alpha value is -1.14. The van der Waals surface area contributed by atoms with Crippen LogP contribution in [0, 0.1) is 5.92 Å². The second kappa shape index (κ2) is 7.75. The minimum Gasteiger partial charge on any atom is -0.338 e. The predicted molar refractivity (Wildman–Crippen MR) is 82.0 cm³/mol.